The number of pyridine rings is 1. The Kier molecular flexibility index (Phi) is 4.85. The topological polar surface area (TPSA) is 43.4 Å². The largest absolute Gasteiger partial charge is 0.489 e. The number of aromatic nitrogens is 1. The van der Waals surface area contributed by atoms with Gasteiger partial charge in [0.15, 0.2) is 0 Å². The SMILES string of the molecule is FCCOc1ccc(COc2ccc3c(c2)CNCC3)nc1. The molecule has 0 radical (unpaired) electrons. The Labute approximate surface area is 129 Å². The highest BCUT2D eigenvalue weighted by Gasteiger charge is 2.09. The Morgan fingerprint density at radius 3 is 2.82 bits per heavy atom. The van der Waals surface area contributed by atoms with Crippen LogP contribution in [-0.4, -0.2) is 24.8 Å². The van der Waals surface area contributed by atoms with Gasteiger partial charge >= 0.3 is 0 Å². The van der Waals surface area contributed by atoms with Gasteiger partial charge in [0.05, 0.1) is 11.9 Å². The zero-order valence-corrected chi connectivity index (χ0v) is 12.3. The molecular formula is C17H19FN2O2. The Bertz CT molecular complexity index is 617. The summed E-state index contributed by atoms with van der Waals surface area (Å²) in [7, 11) is 0. The Morgan fingerprint density at radius 1 is 1.09 bits per heavy atom. The maximum absolute atomic E-state index is 12.0. The number of alkyl halides is 1. The normalized spacial score (nSPS) is 13.5. The molecule has 0 unspecified atom stereocenters. The van der Waals surface area contributed by atoms with Gasteiger partial charge in [-0.3, -0.25) is 4.98 Å². The Morgan fingerprint density at radius 2 is 2.00 bits per heavy atom. The molecular weight excluding hydrogens is 283 g/mol. The van der Waals surface area contributed by atoms with Gasteiger partial charge in [0, 0.05) is 6.54 Å². The molecule has 116 valence electrons. The standard InChI is InChI=1S/C17H19FN2O2/c18-6-8-21-17-4-2-15(20-11-17)12-22-16-3-1-13-5-7-19-10-14(13)9-16/h1-4,9,11,19H,5-8,10,12H2. The zero-order valence-electron chi connectivity index (χ0n) is 12.3. The molecule has 4 nitrogen and oxygen atoms in total. The lowest BCUT2D eigenvalue weighted by Crippen LogP contribution is -2.23. The fourth-order valence-electron chi connectivity index (χ4n) is 2.44. The molecule has 0 spiro atoms. The molecule has 0 fully saturated rings. The van der Waals surface area contributed by atoms with E-state index in [1.54, 1.807) is 12.3 Å². The van der Waals surface area contributed by atoms with E-state index < -0.39 is 6.67 Å². The minimum atomic E-state index is -0.502. The number of benzene rings is 1. The molecule has 3 rings (SSSR count). The first-order chi connectivity index (χ1) is 10.8. The predicted octanol–water partition coefficient (Wildman–Crippen LogP) is 2.65. The first-order valence-corrected chi connectivity index (χ1v) is 7.44. The number of rotatable bonds is 6. The van der Waals surface area contributed by atoms with E-state index in [4.69, 9.17) is 9.47 Å². The molecule has 0 bridgehead atoms. The first kappa shape index (κ1) is 14.8. The molecule has 0 saturated heterocycles. The summed E-state index contributed by atoms with van der Waals surface area (Å²) < 4.78 is 23.0. The summed E-state index contributed by atoms with van der Waals surface area (Å²) in [4.78, 5) is 4.25. The number of ether oxygens (including phenoxy) is 2. The lowest BCUT2D eigenvalue weighted by molar-refractivity contribution is 0.271. The lowest BCUT2D eigenvalue weighted by atomic mass is 10.0. The summed E-state index contributed by atoms with van der Waals surface area (Å²) in [5.74, 6) is 1.42. The molecule has 1 aliphatic heterocycles. The third-order valence-corrected chi connectivity index (χ3v) is 3.59. The van der Waals surface area contributed by atoms with E-state index in [1.165, 1.54) is 11.1 Å². The highest BCUT2D eigenvalue weighted by Crippen LogP contribution is 2.21. The number of fused-ring (bicyclic) bond motifs is 1. The highest BCUT2D eigenvalue weighted by atomic mass is 19.1. The number of nitrogens with zero attached hydrogens (tertiary/aromatic N) is 1. The predicted molar refractivity (Wildman–Crippen MR) is 81.9 cm³/mol. The van der Waals surface area contributed by atoms with Crippen LogP contribution >= 0.6 is 0 Å². The molecule has 22 heavy (non-hydrogen) atoms. The molecule has 0 aliphatic carbocycles. The van der Waals surface area contributed by atoms with E-state index in [9.17, 15) is 4.39 Å². The van der Waals surface area contributed by atoms with Crippen molar-refractivity contribution in [1.29, 1.82) is 0 Å². The number of nitrogens with one attached hydrogen (secondary N) is 1. The first-order valence-electron chi connectivity index (χ1n) is 7.44. The molecule has 0 atom stereocenters. The van der Waals surface area contributed by atoms with Gasteiger partial charge in [0.2, 0.25) is 0 Å². The minimum Gasteiger partial charge on any atom is -0.489 e. The van der Waals surface area contributed by atoms with Crippen LogP contribution in [0.15, 0.2) is 36.5 Å². The van der Waals surface area contributed by atoms with Gasteiger partial charge in [-0.15, -0.1) is 0 Å². The summed E-state index contributed by atoms with van der Waals surface area (Å²) in [6, 6.07) is 9.82. The van der Waals surface area contributed by atoms with Crippen LogP contribution in [0.1, 0.15) is 16.8 Å². The molecule has 0 amide bonds. The van der Waals surface area contributed by atoms with Gasteiger partial charge in [-0.1, -0.05) is 6.07 Å². The van der Waals surface area contributed by atoms with Gasteiger partial charge in [-0.25, -0.2) is 4.39 Å². The number of halogens is 1. The van der Waals surface area contributed by atoms with Crippen molar-refractivity contribution in [2.24, 2.45) is 0 Å². The summed E-state index contributed by atoms with van der Waals surface area (Å²) >= 11 is 0. The molecule has 1 N–H and O–H groups in total. The van der Waals surface area contributed by atoms with Crippen molar-refractivity contribution in [3.05, 3.63) is 53.3 Å². The van der Waals surface area contributed by atoms with Crippen LogP contribution in [0.3, 0.4) is 0 Å². The molecule has 5 heteroatoms. The molecule has 2 heterocycles. The summed E-state index contributed by atoms with van der Waals surface area (Å²) in [6.07, 6.45) is 2.66. The lowest BCUT2D eigenvalue weighted by Gasteiger charge is -2.18. The second-order valence-electron chi connectivity index (χ2n) is 5.17. The second-order valence-corrected chi connectivity index (χ2v) is 5.17. The van der Waals surface area contributed by atoms with Crippen LogP contribution in [0.5, 0.6) is 11.5 Å². The van der Waals surface area contributed by atoms with Crippen molar-refractivity contribution in [1.82, 2.24) is 10.3 Å². The Balaban J connectivity index is 1.58. The van der Waals surface area contributed by atoms with Crippen LogP contribution in [-0.2, 0) is 19.6 Å². The fraction of sp³-hybridized carbons (Fsp3) is 0.353. The van der Waals surface area contributed by atoms with Gasteiger partial charge in [-0.2, -0.15) is 0 Å². The third kappa shape index (κ3) is 3.74. The van der Waals surface area contributed by atoms with Gasteiger partial charge < -0.3 is 14.8 Å². The fourth-order valence-corrected chi connectivity index (χ4v) is 2.44. The Hall–Kier alpha value is -2.14. The molecule has 1 aromatic carbocycles. The zero-order chi connectivity index (χ0) is 15.2. The molecule has 2 aromatic rings. The van der Waals surface area contributed by atoms with Gasteiger partial charge in [0.1, 0.15) is 31.4 Å². The van der Waals surface area contributed by atoms with Crippen LogP contribution < -0.4 is 14.8 Å². The minimum absolute atomic E-state index is 0.0562. The van der Waals surface area contributed by atoms with E-state index in [1.807, 2.05) is 12.1 Å². The third-order valence-electron chi connectivity index (χ3n) is 3.59. The highest BCUT2D eigenvalue weighted by molar-refractivity contribution is 5.37. The van der Waals surface area contributed by atoms with Crippen molar-refractivity contribution in [3.8, 4) is 11.5 Å². The molecule has 1 aromatic heterocycles. The van der Waals surface area contributed by atoms with Crippen molar-refractivity contribution < 1.29 is 13.9 Å². The van der Waals surface area contributed by atoms with Crippen LogP contribution in [0.25, 0.3) is 0 Å². The van der Waals surface area contributed by atoms with Crippen LogP contribution in [0.4, 0.5) is 4.39 Å². The van der Waals surface area contributed by atoms with E-state index in [0.29, 0.717) is 12.4 Å². The monoisotopic (exact) mass is 302 g/mol. The smallest absolute Gasteiger partial charge is 0.137 e. The van der Waals surface area contributed by atoms with Crippen LogP contribution in [0, 0.1) is 0 Å². The quantitative estimate of drug-likeness (QED) is 0.891. The average molecular weight is 302 g/mol. The van der Waals surface area contributed by atoms with Crippen molar-refractivity contribution >= 4 is 0 Å². The second kappa shape index (κ2) is 7.22. The van der Waals surface area contributed by atoms with Crippen molar-refractivity contribution in [2.45, 2.75) is 19.6 Å². The van der Waals surface area contributed by atoms with Gasteiger partial charge in [-0.05, 0) is 48.4 Å². The maximum Gasteiger partial charge on any atom is 0.137 e. The van der Waals surface area contributed by atoms with Crippen molar-refractivity contribution in [3.63, 3.8) is 0 Å². The summed E-state index contributed by atoms with van der Waals surface area (Å²) in [5, 5.41) is 3.36. The summed E-state index contributed by atoms with van der Waals surface area (Å²) in [6.45, 7) is 1.88. The number of hydrogen-bond acceptors (Lipinski definition) is 4. The maximum atomic E-state index is 12.0. The van der Waals surface area contributed by atoms with Crippen molar-refractivity contribution in [2.75, 3.05) is 19.8 Å². The molecule has 0 saturated carbocycles. The van der Waals surface area contributed by atoms with E-state index in [2.05, 4.69) is 22.4 Å². The average Bonchev–Trinajstić information content (AvgIpc) is 2.59. The number of hydrogen-bond donors (Lipinski definition) is 1. The van der Waals surface area contributed by atoms with Crippen LogP contribution in [0.2, 0.25) is 0 Å². The molecule has 1 aliphatic rings. The summed E-state index contributed by atoms with van der Waals surface area (Å²) in [5.41, 5.74) is 3.49. The van der Waals surface area contributed by atoms with E-state index >= 15 is 0 Å². The van der Waals surface area contributed by atoms with Gasteiger partial charge in [0.25, 0.3) is 0 Å². The van der Waals surface area contributed by atoms with E-state index in [0.717, 1.165) is 31.0 Å². The van der Waals surface area contributed by atoms with E-state index in [-0.39, 0.29) is 6.61 Å².